The Balaban J connectivity index is 0.000000310. The highest BCUT2D eigenvalue weighted by Crippen LogP contribution is 2.47. The molecule has 0 spiro atoms. The van der Waals surface area contributed by atoms with Gasteiger partial charge in [-0.2, -0.15) is 0 Å². The molecule has 0 saturated heterocycles. The number of hydrogen-bond donors (Lipinski definition) is 3. The fourth-order valence-corrected chi connectivity index (χ4v) is 0.806. The van der Waals surface area contributed by atoms with Gasteiger partial charge >= 0.3 is 5.97 Å². The summed E-state index contributed by atoms with van der Waals surface area (Å²) >= 11 is 0. The zero-order valence-electron chi connectivity index (χ0n) is 7.78. The van der Waals surface area contributed by atoms with Crippen LogP contribution < -0.4 is 5.73 Å². The molecular formula is C8H15NO4. The summed E-state index contributed by atoms with van der Waals surface area (Å²) in [6.45, 7) is 2.99. The predicted octanol–water partition coefficient (Wildman–Crippen LogP) is 0.289. The molecule has 1 aliphatic carbocycles. The minimum absolute atomic E-state index is 0.0914. The molecule has 5 nitrogen and oxygen atoms in total. The van der Waals surface area contributed by atoms with E-state index in [0.29, 0.717) is 0 Å². The molecule has 0 aromatic rings. The van der Waals surface area contributed by atoms with E-state index in [2.05, 4.69) is 0 Å². The molecule has 1 atom stereocenters. The minimum atomic E-state index is -0.880. The summed E-state index contributed by atoms with van der Waals surface area (Å²) in [4.78, 5) is 19.3. The molecule has 0 aliphatic heterocycles. The quantitative estimate of drug-likeness (QED) is 0.579. The van der Waals surface area contributed by atoms with Crippen LogP contribution in [0, 0.1) is 5.41 Å². The number of aliphatic carboxylic acids is 2. The fraction of sp³-hybridized carbons (Fsp3) is 0.750. The van der Waals surface area contributed by atoms with Crippen molar-refractivity contribution in [1.82, 2.24) is 0 Å². The Morgan fingerprint density at radius 2 is 1.69 bits per heavy atom. The highest BCUT2D eigenvalue weighted by Gasteiger charge is 2.46. The summed E-state index contributed by atoms with van der Waals surface area (Å²) in [5, 5.41) is 15.8. The summed E-state index contributed by atoms with van der Waals surface area (Å²) in [6.07, 6.45) is 1.92. The Morgan fingerprint density at radius 1 is 1.38 bits per heavy atom. The van der Waals surface area contributed by atoms with Crippen LogP contribution >= 0.6 is 0 Å². The van der Waals surface area contributed by atoms with Crippen molar-refractivity contribution >= 4 is 11.9 Å². The van der Waals surface area contributed by atoms with Crippen molar-refractivity contribution in [2.45, 2.75) is 32.7 Å². The zero-order valence-corrected chi connectivity index (χ0v) is 7.78. The van der Waals surface area contributed by atoms with Gasteiger partial charge in [0, 0.05) is 6.92 Å². The molecule has 4 N–H and O–H groups in total. The van der Waals surface area contributed by atoms with Gasteiger partial charge in [-0.1, -0.05) is 6.92 Å². The monoisotopic (exact) mass is 189 g/mol. The smallest absolute Gasteiger partial charge is 0.321 e. The second kappa shape index (κ2) is 4.23. The number of hydrogen-bond acceptors (Lipinski definition) is 3. The van der Waals surface area contributed by atoms with Crippen LogP contribution in [0.5, 0.6) is 0 Å². The van der Waals surface area contributed by atoms with Crippen molar-refractivity contribution in [2.24, 2.45) is 11.1 Å². The van der Waals surface area contributed by atoms with Gasteiger partial charge in [-0.25, -0.2) is 0 Å². The van der Waals surface area contributed by atoms with Gasteiger partial charge in [-0.15, -0.1) is 0 Å². The van der Waals surface area contributed by atoms with E-state index in [9.17, 15) is 4.79 Å². The maximum atomic E-state index is 10.3. The first-order valence-corrected chi connectivity index (χ1v) is 3.97. The SMILES string of the molecule is CC(=O)O.CC1([C@H](N)C(=O)O)CC1. The highest BCUT2D eigenvalue weighted by atomic mass is 16.4. The molecule has 1 fully saturated rings. The van der Waals surface area contributed by atoms with Crippen LogP contribution in [-0.4, -0.2) is 28.2 Å². The first kappa shape index (κ1) is 11.9. The molecule has 1 aliphatic rings. The third kappa shape index (κ3) is 4.47. The van der Waals surface area contributed by atoms with Gasteiger partial charge in [0.2, 0.25) is 0 Å². The fourth-order valence-electron chi connectivity index (χ4n) is 0.806. The maximum absolute atomic E-state index is 10.3. The molecule has 5 heteroatoms. The molecule has 0 heterocycles. The summed E-state index contributed by atoms with van der Waals surface area (Å²) in [5.74, 6) is -1.71. The second-order valence-electron chi connectivity index (χ2n) is 3.49. The molecule has 0 amide bonds. The Morgan fingerprint density at radius 3 is 1.77 bits per heavy atom. The summed E-state index contributed by atoms with van der Waals surface area (Å²) in [7, 11) is 0. The van der Waals surface area contributed by atoms with Crippen molar-refractivity contribution < 1.29 is 19.8 Å². The zero-order chi connectivity index (χ0) is 10.6. The number of carbonyl (C=O) groups is 2. The van der Waals surface area contributed by atoms with E-state index >= 15 is 0 Å². The van der Waals surface area contributed by atoms with Gasteiger partial charge in [0.25, 0.3) is 5.97 Å². The average molecular weight is 189 g/mol. The van der Waals surface area contributed by atoms with E-state index in [1.165, 1.54) is 0 Å². The molecule has 0 unspecified atom stereocenters. The summed E-state index contributed by atoms with van der Waals surface area (Å²) in [5.41, 5.74) is 5.27. The number of carboxylic acid groups (broad SMARTS) is 2. The van der Waals surface area contributed by atoms with Crippen LogP contribution in [-0.2, 0) is 9.59 Å². The maximum Gasteiger partial charge on any atom is 0.321 e. The molecular weight excluding hydrogens is 174 g/mol. The standard InChI is InChI=1S/C6H11NO2.C2H4O2/c1-6(2-3-6)4(7)5(8)9;1-2(3)4/h4H,2-3,7H2,1H3,(H,8,9);1H3,(H,3,4)/t4-;/m1./s1. The molecule has 76 valence electrons. The number of rotatable bonds is 2. The molecule has 0 aromatic heterocycles. The lowest BCUT2D eigenvalue weighted by molar-refractivity contribution is -0.140. The third-order valence-corrected chi connectivity index (χ3v) is 2.06. The van der Waals surface area contributed by atoms with E-state index in [-0.39, 0.29) is 5.41 Å². The van der Waals surface area contributed by atoms with Crippen LogP contribution in [0.25, 0.3) is 0 Å². The Bertz CT molecular complexity index is 206. The lowest BCUT2D eigenvalue weighted by Crippen LogP contribution is -2.37. The van der Waals surface area contributed by atoms with E-state index < -0.39 is 18.0 Å². The minimum Gasteiger partial charge on any atom is -0.481 e. The molecule has 1 rings (SSSR count). The third-order valence-electron chi connectivity index (χ3n) is 2.06. The summed E-state index contributed by atoms with van der Waals surface area (Å²) < 4.78 is 0. The highest BCUT2D eigenvalue weighted by molar-refractivity contribution is 5.74. The molecule has 0 bridgehead atoms. The van der Waals surface area contributed by atoms with E-state index in [0.717, 1.165) is 19.8 Å². The van der Waals surface area contributed by atoms with Gasteiger partial charge in [0.15, 0.2) is 0 Å². The largest absolute Gasteiger partial charge is 0.481 e. The first-order chi connectivity index (χ1) is 5.79. The Kier molecular flexibility index (Phi) is 3.87. The van der Waals surface area contributed by atoms with Crippen LogP contribution in [0.2, 0.25) is 0 Å². The van der Waals surface area contributed by atoms with Gasteiger partial charge in [0.1, 0.15) is 6.04 Å². The van der Waals surface area contributed by atoms with E-state index in [1.54, 1.807) is 0 Å². The molecule has 0 aromatic carbocycles. The predicted molar refractivity (Wildman–Crippen MR) is 46.3 cm³/mol. The normalized spacial score (nSPS) is 19.3. The Hall–Kier alpha value is -1.10. The van der Waals surface area contributed by atoms with Crippen LogP contribution in [0.1, 0.15) is 26.7 Å². The number of carboxylic acids is 2. The molecule has 13 heavy (non-hydrogen) atoms. The number of nitrogens with two attached hydrogens (primary N) is 1. The van der Waals surface area contributed by atoms with Gasteiger partial charge in [-0.05, 0) is 18.3 Å². The lowest BCUT2D eigenvalue weighted by atomic mass is 10.0. The van der Waals surface area contributed by atoms with Gasteiger partial charge in [-0.3, -0.25) is 9.59 Å². The average Bonchev–Trinajstić information content (AvgIpc) is 2.66. The van der Waals surface area contributed by atoms with Crippen molar-refractivity contribution in [3.63, 3.8) is 0 Å². The molecule has 1 saturated carbocycles. The van der Waals surface area contributed by atoms with Crippen molar-refractivity contribution in [1.29, 1.82) is 0 Å². The van der Waals surface area contributed by atoms with Crippen LogP contribution in [0.3, 0.4) is 0 Å². The topological polar surface area (TPSA) is 101 Å². The van der Waals surface area contributed by atoms with Gasteiger partial charge < -0.3 is 15.9 Å². The molecule has 0 radical (unpaired) electrons. The van der Waals surface area contributed by atoms with Crippen LogP contribution in [0.4, 0.5) is 0 Å². The summed E-state index contributed by atoms with van der Waals surface area (Å²) in [6, 6.07) is -0.655. The van der Waals surface area contributed by atoms with Crippen LogP contribution in [0.15, 0.2) is 0 Å². The van der Waals surface area contributed by atoms with E-state index in [4.69, 9.17) is 20.7 Å². The lowest BCUT2D eigenvalue weighted by Gasteiger charge is -2.12. The van der Waals surface area contributed by atoms with Crippen molar-refractivity contribution in [2.75, 3.05) is 0 Å². The van der Waals surface area contributed by atoms with Crippen molar-refractivity contribution in [3.8, 4) is 0 Å². The Labute approximate surface area is 76.5 Å². The van der Waals surface area contributed by atoms with Crippen molar-refractivity contribution in [3.05, 3.63) is 0 Å². The van der Waals surface area contributed by atoms with Gasteiger partial charge in [0.05, 0.1) is 0 Å². The second-order valence-corrected chi connectivity index (χ2v) is 3.49. The van der Waals surface area contributed by atoms with E-state index in [1.807, 2.05) is 6.92 Å². The first-order valence-electron chi connectivity index (χ1n) is 3.97.